The molecule has 2 atom stereocenters. The van der Waals surface area contributed by atoms with Crippen LogP contribution in [0.15, 0.2) is 0 Å². The molecule has 0 aliphatic carbocycles. The summed E-state index contributed by atoms with van der Waals surface area (Å²) in [6.07, 6.45) is 3.41. The van der Waals surface area contributed by atoms with Crippen LogP contribution in [0.3, 0.4) is 0 Å². The molecule has 0 radical (unpaired) electrons. The van der Waals surface area contributed by atoms with Gasteiger partial charge in [-0.3, -0.25) is 0 Å². The molecule has 0 saturated carbocycles. The first-order chi connectivity index (χ1) is 7.00. The number of hydrogen-bond acceptors (Lipinski definition) is 3. The minimum absolute atomic E-state index is 0.354. The van der Waals surface area contributed by atoms with E-state index in [0.29, 0.717) is 25.2 Å². The summed E-state index contributed by atoms with van der Waals surface area (Å²) in [6, 6.07) is 0.708. The summed E-state index contributed by atoms with van der Waals surface area (Å²) < 4.78 is 26.8. The molecular weight excluding hydrogens is 214 g/mol. The van der Waals surface area contributed by atoms with Gasteiger partial charge in [-0.2, -0.15) is 17.0 Å². The third-order valence-corrected chi connectivity index (χ3v) is 5.09. The summed E-state index contributed by atoms with van der Waals surface area (Å²) >= 11 is 0. The van der Waals surface area contributed by atoms with Crippen molar-refractivity contribution in [3.05, 3.63) is 0 Å². The lowest BCUT2D eigenvalue weighted by Crippen LogP contribution is -2.61. The van der Waals surface area contributed by atoms with Crippen molar-refractivity contribution >= 4 is 10.2 Å². The standard InChI is InChI=1S/C9H19N3O2S/c1-11(2)15(13,14)12-6-8-4-3-5-9(7-12)10-8/h8-10H,3-7H2,1-2H3. The highest BCUT2D eigenvalue weighted by Crippen LogP contribution is 2.21. The van der Waals surface area contributed by atoms with Gasteiger partial charge in [-0.1, -0.05) is 6.42 Å². The maximum atomic E-state index is 11.9. The molecule has 88 valence electrons. The van der Waals surface area contributed by atoms with Crippen molar-refractivity contribution in [1.29, 1.82) is 0 Å². The minimum Gasteiger partial charge on any atom is -0.309 e. The van der Waals surface area contributed by atoms with Gasteiger partial charge in [0.15, 0.2) is 0 Å². The monoisotopic (exact) mass is 233 g/mol. The first kappa shape index (κ1) is 11.3. The summed E-state index contributed by atoms with van der Waals surface area (Å²) in [4.78, 5) is 0. The molecule has 0 aromatic rings. The average Bonchev–Trinajstić information content (AvgIpc) is 2.16. The van der Waals surface area contributed by atoms with Crippen molar-refractivity contribution in [1.82, 2.24) is 13.9 Å². The van der Waals surface area contributed by atoms with Gasteiger partial charge >= 0.3 is 0 Å². The Kier molecular flexibility index (Phi) is 3.03. The Morgan fingerprint density at radius 1 is 1.20 bits per heavy atom. The first-order valence-corrected chi connectivity index (χ1v) is 6.83. The zero-order valence-electron chi connectivity index (χ0n) is 9.31. The van der Waals surface area contributed by atoms with E-state index in [-0.39, 0.29) is 0 Å². The second kappa shape index (κ2) is 4.01. The van der Waals surface area contributed by atoms with Gasteiger partial charge in [-0.25, -0.2) is 0 Å². The molecule has 2 unspecified atom stereocenters. The van der Waals surface area contributed by atoms with Crippen LogP contribution in [0.25, 0.3) is 0 Å². The van der Waals surface area contributed by atoms with E-state index in [4.69, 9.17) is 0 Å². The van der Waals surface area contributed by atoms with Gasteiger partial charge in [0.05, 0.1) is 0 Å². The van der Waals surface area contributed by atoms with Crippen molar-refractivity contribution in [2.24, 2.45) is 0 Å². The Morgan fingerprint density at radius 3 is 2.20 bits per heavy atom. The molecule has 6 heteroatoms. The summed E-state index contributed by atoms with van der Waals surface area (Å²) in [5, 5.41) is 3.47. The third-order valence-electron chi connectivity index (χ3n) is 3.21. The predicted molar refractivity (Wildman–Crippen MR) is 58.7 cm³/mol. The molecule has 2 rings (SSSR count). The second-order valence-corrected chi connectivity index (χ2v) is 6.74. The maximum absolute atomic E-state index is 11.9. The van der Waals surface area contributed by atoms with E-state index < -0.39 is 10.2 Å². The number of nitrogens with one attached hydrogen (secondary N) is 1. The zero-order chi connectivity index (χ0) is 11.1. The molecule has 0 aromatic carbocycles. The molecule has 2 aliphatic rings. The molecule has 2 aliphatic heterocycles. The Morgan fingerprint density at radius 2 is 1.73 bits per heavy atom. The molecule has 2 heterocycles. The largest absolute Gasteiger partial charge is 0.309 e. The first-order valence-electron chi connectivity index (χ1n) is 5.44. The Labute approximate surface area is 91.6 Å². The highest BCUT2D eigenvalue weighted by atomic mass is 32.2. The van der Waals surface area contributed by atoms with Crippen LogP contribution in [-0.2, 0) is 10.2 Å². The molecule has 2 saturated heterocycles. The van der Waals surface area contributed by atoms with Gasteiger partial charge in [-0.15, -0.1) is 0 Å². The molecule has 2 bridgehead atoms. The Hall–Kier alpha value is -0.170. The van der Waals surface area contributed by atoms with Crippen molar-refractivity contribution < 1.29 is 8.42 Å². The lowest BCUT2D eigenvalue weighted by atomic mass is 9.96. The van der Waals surface area contributed by atoms with Crippen molar-refractivity contribution in [2.45, 2.75) is 31.3 Å². The van der Waals surface area contributed by atoms with E-state index in [1.54, 1.807) is 18.4 Å². The molecule has 5 nitrogen and oxygen atoms in total. The van der Waals surface area contributed by atoms with E-state index in [9.17, 15) is 8.42 Å². The Balaban J connectivity index is 2.12. The summed E-state index contributed by atoms with van der Waals surface area (Å²) in [5.74, 6) is 0. The van der Waals surface area contributed by atoms with Crippen molar-refractivity contribution in [3.8, 4) is 0 Å². The minimum atomic E-state index is -3.22. The molecular formula is C9H19N3O2S. The predicted octanol–water partition coefficient (Wildman–Crippen LogP) is -0.381. The van der Waals surface area contributed by atoms with Crippen LogP contribution >= 0.6 is 0 Å². The van der Waals surface area contributed by atoms with Crippen LogP contribution in [0.2, 0.25) is 0 Å². The fourth-order valence-corrected chi connectivity index (χ4v) is 3.58. The zero-order valence-corrected chi connectivity index (χ0v) is 10.1. The fourth-order valence-electron chi connectivity index (χ4n) is 2.38. The smallest absolute Gasteiger partial charge is 0.281 e. The van der Waals surface area contributed by atoms with Gasteiger partial charge < -0.3 is 5.32 Å². The van der Waals surface area contributed by atoms with Crippen molar-refractivity contribution in [2.75, 3.05) is 27.2 Å². The second-order valence-electron chi connectivity index (χ2n) is 4.60. The van der Waals surface area contributed by atoms with E-state index in [1.807, 2.05) is 0 Å². The molecule has 1 N–H and O–H groups in total. The van der Waals surface area contributed by atoms with Crippen molar-refractivity contribution in [3.63, 3.8) is 0 Å². The lowest BCUT2D eigenvalue weighted by Gasteiger charge is -2.42. The van der Waals surface area contributed by atoms with Crippen LogP contribution in [0.4, 0.5) is 0 Å². The fraction of sp³-hybridized carbons (Fsp3) is 1.00. The average molecular weight is 233 g/mol. The highest BCUT2D eigenvalue weighted by Gasteiger charge is 2.36. The number of piperazine rings is 1. The number of nitrogens with zero attached hydrogens (tertiary/aromatic N) is 2. The van der Waals surface area contributed by atoms with E-state index in [2.05, 4.69) is 5.32 Å². The van der Waals surface area contributed by atoms with Gasteiger partial charge in [0.2, 0.25) is 0 Å². The van der Waals surface area contributed by atoms with Crippen LogP contribution < -0.4 is 5.32 Å². The van der Waals surface area contributed by atoms with Gasteiger partial charge in [0.25, 0.3) is 10.2 Å². The number of rotatable bonds is 2. The number of fused-ring (bicyclic) bond motifs is 2. The lowest BCUT2D eigenvalue weighted by molar-refractivity contribution is 0.185. The normalized spacial score (nSPS) is 33.3. The molecule has 0 spiro atoms. The summed E-state index contributed by atoms with van der Waals surface area (Å²) in [5.41, 5.74) is 0. The quantitative estimate of drug-likeness (QED) is 0.707. The Bertz CT molecular complexity index is 316. The SMILES string of the molecule is CN(C)S(=O)(=O)N1CC2CCCC(C1)N2. The van der Waals surface area contributed by atoms with Gasteiger partial charge in [0.1, 0.15) is 0 Å². The van der Waals surface area contributed by atoms with Gasteiger partial charge in [-0.05, 0) is 12.8 Å². The van der Waals surface area contributed by atoms with E-state index in [1.165, 1.54) is 10.7 Å². The van der Waals surface area contributed by atoms with E-state index in [0.717, 1.165) is 12.8 Å². The van der Waals surface area contributed by atoms with Crippen LogP contribution in [-0.4, -0.2) is 56.3 Å². The molecule has 2 fully saturated rings. The molecule has 0 aromatic heterocycles. The van der Waals surface area contributed by atoms with Gasteiger partial charge in [0, 0.05) is 39.3 Å². The van der Waals surface area contributed by atoms with E-state index >= 15 is 0 Å². The van der Waals surface area contributed by atoms with Crippen LogP contribution in [0.5, 0.6) is 0 Å². The number of piperidine rings is 1. The van der Waals surface area contributed by atoms with Crippen LogP contribution in [0, 0.1) is 0 Å². The third kappa shape index (κ3) is 2.18. The molecule has 0 amide bonds. The maximum Gasteiger partial charge on any atom is 0.281 e. The van der Waals surface area contributed by atoms with Crippen LogP contribution in [0.1, 0.15) is 19.3 Å². The summed E-state index contributed by atoms with van der Waals surface area (Å²) in [7, 11) is -0.0345. The molecule has 15 heavy (non-hydrogen) atoms. The topological polar surface area (TPSA) is 52.7 Å². The number of hydrogen-bond donors (Lipinski definition) is 1. The highest BCUT2D eigenvalue weighted by molar-refractivity contribution is 7.86. The summed E-state index contributed by atoms with van der Waals surface area (Å²) in [6.45, 7) is 1.24.